The molecule has 0 aliphatic heterocycles. The number of carbonyl (C=O) groups excluding carboxylic acids is 2. The molecule has 4 nitrogen and oxygen atoms in total. The second kappa shape index (κ2) is 7.30. The second-order valence-electron chi connectivity index (χ2n) is 6.10. The Morgan fingerprint density at radius 3 is 2.42 bits per heavy atom. The molecule has 24 heavy (non-hydrogen) atoms. The lowest BCUT2D eigenvalue weighted by Gasteiger charge is -2.16. The van der Waals surface area contributed by atoms with Crippen molar-refractivity contribution in [2.75, 3.05) is 5.32 Å². The molecule has 126 valence electrons. The lowest BCUT2D eigenvalue weighted by Crippen LogP contribution is -2.30. The van der Waals surface area contributed by atoms with Crippen LogP contribution in [0.3, 0.4) is 0 Å². The molecule has 0 radical (unpaired) electrons. The molecule has 4 heteroatoms. The van der Waals surface area contributed by atoms with Gasteiger partial charge in [0.2, 0.25) is 0 Å². The van der Waals surface area contributed by atoms with Crippen LogP contribution in [0.2, 0.25) is 0 Å². The Balaban J connectivity index is 2.07. The van der Waals surface area contributed by atoms with Gasteiger partial charge in [0, 0.05) is 5.69 Å². The maximum absolute atomic E-state index is 12.3. The first-order valence-corrected chi connectivity index (χ1v) is 7.95. The molecule has 0 fully saturated rings. The molecule has 2 aromatic rings. The summed E-state index contributed by atoms with van der Waals surface area (Å²) in [5, 5.41) is 2.82. The van der Waals surface area contributed by atoms with Crippen LogP contribution in [0.4, 0.5) is 5.69 Å². The maximum atomic E-state index is 12.3. The van der Waals surface area contributed by atoms with Gasteiger partial charge in [-0.1, -0.05) is 24.3 Å². The van der Waals surface area contributed by atoms with E-state index in [9.17, 15) is 9.59 Å². The van der Waals surface area contributed by atoms with Crippen LogP contribution in [-0.4, -0.2) is 18.0 Å². The molecule has 1 atom stereocenters. The van der Waals surface area contributed by atoms with E-state index < -0.39 is 12.1 Å². The van der Waals surface area contributed by atoms with Gasteiger partial charge in [0.05, 0.1) is 5.56 Å². The van der Waals surface area contributed by atoms with Crippen molar-refractivity contribution in [1.82, 2.24) is 0 Å². The van der Waals surface area contributed by atoms with Crippen molar-refractivity contribution in [2.24, 2.45) is 0 Å². The van der Waals surface area contributed by atoms with E-state index in [1.165, 1.54) is 0 Å². The predicted octanol–water partition coefficient (Wildman–Crippen LogP) is 4.10. The summed E-state index contributed by atoms with van der Waals surface area (Å²) in [6, 6.07) is 11.3. The summed E-state index contributed by atoms with van der Waals surface area (Å²) in [6.45, 7) is 9.25. The molecule has 0 saturated carbocycles. The average Bonchev–Trinajstić information content (AvgIpc) is 2.53. The average molecular weight is 325 g/mol. The second-order valence-corrected chi connectivity index (χ2v) is 6.10. The molecule has 0 spiro atoms. The zero-order chi connectivity index (χ0) is 17.9. The SMILES string of the molecule is Cc1ccc(C)c(NC(=O)C(C)OC(=O)c2cccc(C)c2C)c1. The van der Waals surface area contributed by atoms with Crippen LogP contribution in [-0.2, 0) is 9.53 Å². The van der Waals surface area contributed by atoms with E-state index in [1.54, 1.807) is 19.1 Å². The van der Waals surface area contributed by atoms with E-state index in [0.29, 0.717) is 5.56 Å². The van der Waals surface area contributed by atoms with Gasteiger partial charge in [0.25, 0.3) is 5.91 Å². The van der Waals surface area contributed by atoms with Crippen molar-refractivity contribution in [2.45, 2.75) is 40.7 Å². The van der Waals surface area contributed by atoms with E-state index in [1.807, 2.05) is 52.0 Å². The number of hydrogen-bond donors (Lipinski definition) is 1. The van der Waals surface area contributed by atoms with Crippen LogP contribution < -0.4 is 5.32 Å². The third kappa shape index (κ3) is 4.02. The number of rotatable bonds is 4. The van der Waals surface area contributed by atoms with E-state index in [2.05, 4.69) is 5.32 Å². The molecular formula is C20H23NO3. The fourth-order valence-corrected chi connectivity index (χ4v) is 2.35. The summed E-state index contributed by atoms with van der Waals surface area (Å²) in [5.74, 6) is -0.831. The van der Waals surface area contributed by atoms with Gasteiger partial charge in [-0.25, -0.2) is 4.79 Å². The summed E-state index contributed by atoms with van der Waals surface area (Å²) >= 11 is 0. The number of nitrogens with one attached hydrogen (secondary N) is 1. The zero-order valence-corrected chi connectivity index (χ0v) is 14.8. The number of carbonyl (C=O) groups is 2. The summed E-state index contributed by atoms with van der Waals surface area (Å²) in [5.41, 5.74) is 5.11. The van der Waals surface area contributed by atoms with E-state index >= 15 is 0 Å². The minimum atomic E-state index is -0.877. The number of anilines is 1. The first-order chi connectivity index (χ1) is 11.3. The first kappa shape index (κ1) is 17.7. The van der Waals surface area contributed by atoms with Crippen LogP contribution in [0.15, 0.2) is 36.4 Å². The highest BCUT2D eigenvalue weighted by Crippen LogP contribution is 2.18. The van der Waals surface area contributed by atoms with Gasteiger partial charge in [-0.15, -0.1) is 0 Å². The Hall–Kier alpha value is -2.62. The predicted molar refractivity (Wildman–Crippen MR) is 95.3 cm³/mol. The Labute approximate surface area is 142 Å². The highest BCUT2D eigenvalue weighted by Gasteiger charge is 2.21. The van der Waals surface area contributed by atoms with Crippen LogP contribution in [0.1, 0.15) is 39.5 Å². The van der Waals surface area contributed by atoms with Crippen molar-refractivity contribution in [3.63, 3.8) is 0 Å². The molecule has 0 aromatic heterocycles. The van der Waals surface area contributed by atoms with Crippen molar-refractivity contribution in [3.05, 3.63) is 64.2 Å². The number of ether oxygens (including phenoxy) is 1. The van der Waals surface area contributed by atoms with E-state index in [4.69, 9.17) is 4.74 Å². The monoisotopic (exact) mass is 325 g/mol. The Morgan fingerprint density at radius 2 is 1.71 bits per heavy atom. The minimum absolute atomic E-state index is 0.345. The van der Waals surface area contributed by atoms with Crippen molar-refractivity contribution in [3.8, 4) is 0 Å². The largest absolute Gasteiger partial charge is 0.449 e. The normalized spacial score (nSPS) is 11.7. The molecule has 0 saturated heterocycles. The van der Waals surface area contributed by atoms with Gasteiger partial charge < -0.3 is 10.1 Å². The topological polar surface area (TPSA) is 55.4 Å². The quantitative estimate of drug-likeness (QED) is 0.861. The van der Waals surface area contributed by atoms with Crippen LogP contribution in [0.25, 0.3) is 0 Å². The van der Waals surface area contributed by atoms with Crippen molar-refractivity contribution < 1.29 is 14.3 Å². The smallest absolute Gasteiger partial charge is 0.339 e. The summed E-state index contributed by atoms with van der Waals surface area (Å²) in [4.78, 5) is 24.6. The highest BCUT2D eigenvalue weighted by atomic mass is 16.5. The number of aryl methyl sites for hydroxylation is 3. The molecule has 2 rings (SSSR count). The van der Waals surface area contributed by atoms with Gasteiger partial charge >= 0.3 is 5.97 Å². The fourth-order valence-electron chi connectivity index (χ4n) is 2.35. The van der Waals surface area contributed by atoms with Gasteiger partial charge in [-0.3, -0.25) is 4.79 Å². The Morgan fingerprint density at radius 1 is 1.00 bits per heavy atom. The molecule has 0 aliphatic carbocycles. The van der Waals surface area contributed by atoms with Gasteiger partial charge in [0.15, 0.2) is 6.10 Å². The molecule has 2 aromatic carbocycles. The van der Waals surface area contributed by atoms with Crippen LogP contribution >= 0.6 is 0 Å². The summed E-state index contributed by atoms with van der Waals surface area (Å²) in [6.07, 6.45) is -0.877. The summed E-state index contributed by atoms with van der Waals surface area (Å²) in [7, 11) is 0. The Kier molecular flexibility index (Phi) is 5.39. The lowest BCUT2D eigenvalue weighted by molar-refractivity contribution is -0.123. The molecule has 0 heterocycles. The molecule has 1 N–H and O–H groups in total. The molecule has 0 aliphatic rings. The molecule has 1 amide bonds. The van der Waals surface area contributed by atoms with Crippen molar-refractivity contribution >= 4 is 17.6 Å². The lowest BCUT2D eigenvalue weighted by atomic mass is 10.0. The number of amides is 1. The maximum Gasteiger partial charge on any atom is 0.339 e. The number of esters is 1. The fraction of sp³-hybridized carbons (Fsp3) is 0.300. The highest BCUT2D eigenvalue weighted by molar-refractivity contribution is 5.98. The summed E-state index contributed by atoms with van der Waals surface area (Å²) < 4.78 is 5.33. The minimum Gasteiger partial charge on any atom is -0.449 e. The number of hydrogen-bond acceptors (Lipinski definition) is 3. The van der Waals surface area contributed by atoms with Gasteiger partial charge in [-0.2, -0.15) is 0 Å². The van der Waals surface area contributed by atoms with Crippen LogP contribution in [0, 0.1) is 27.7 Å². The third-order valence-corrected chi connectivity index (χ3v) is 4.13. The molecule has 1 unspecified atom stereocenters. The zero-order valence-electron chi connectivity index (χ0n) is 14.8. The van der Waals surface area contributed by atoms with Gasteiger partial charge in [0.1, 0.15) is 0 Å². The molecular weight excluding hydrogens is 302 g/mol. The first-order valence-electron chi connectivity index (χ1n) is 7.95. The number of benzene rings is 2. The molecule has 0 bridgehead atoms. The van der Waals surface area contributed by atoms with Gasteiger partial charge in [-0.05, 0) is 69.0 Å². The van der Waals surface area contributed by atoms with E-state index in [-0.39, 0.29) is 5.91 Å². The van der Waals surface area contributed by atoms with E-state index in [0.717, 1.165) is 27.9 Å². The van der Waals surface area contributed by atoms with Crippen molar-refractivity contribution in [1.29, 1.82) is 0 Å². The Bertz CT molecular complexity index is 780. The third-order valence-electron chi connectivity index (χ3n) is 4.13. The standard InChI is InChI=1S/C20H23NO3/c1-12-9-10-14(3)18(11-12)21-19(22)16(5)24-20(23)17-8-6-7-13(2)15(17)4/h6-11,16H,1-5H3,(H,21,22). The van der Waals surface area contributed by atoms with Crippen LogP contribution in [0.5, 0.6) is 0 Å².